The Bertz CT molecular complexity index is 718. The maximum absolute atomic E-state index is 13.0. The van der Waals surface area contributed by atoms with Crippen molar-refractivity contribution in [3.63, 3.8) is 0 Å². The van der Waals surface area contributed by atoms with Gasteiger partial charge in [-0.15, -0.1) is 0 Å². The molecule has 138 valence electrons. The molecule has 0 aliphatic carbocycles. The van der Waals surface area contributed by atoms with Crippen LogP contribution in [0.25, 0.3) is 0 Å². The molecule has 1 amide bonds. The zero-order valence-electron chi connectivity index (χ0n) is 14.9. The molecule has 1 aromatic heterocycles. The number of aromatic nitrogens is 1. The highest BCUT2D eigenvalue weighted by Gasteiger charge is 2.26. The van der Waals surface area contributed by atoms with Gasteiger partial charge in [-0.25, -0.2) is 9.18 Å². The second-order valence-corrected chi connectivity index (χ2v) is 6.33. The number of carbonyl (C=O) groups is 2. The number of ether oxygens (including phenoxy) is 1. The van der Waals surface area contributed by atoms with Crippen molar-refractivity contribution in [2.75, 3.05) is 6.61 Å². The first kappa shape index (κ1) is 19.6. The van der Waals surface area contributed by atoms with Gasteiger partial charge in [0.1, 0.15) is 11.9 Å². The molecule has 5 nitrogen and oxygen atoms in total. The highest BCUT2D eigenvalue weighted by Crippen LogP contribution is 2.09. The van der Waals surface area contributed by atoms with Crippen molar-refractivity contribution in [2.24, 2.45) is 5.92 Å². The summed E-state index contributed by atoms with van der Waals surface area (Å²) in [6, 6.07) is 8.23. The number of pyridine rings is 1. The van der Waals surface area contributed by atoms with Gasteiger partial charge in [0, 0.05) is 18.0 Å². The smallest absolute Gasteiger partial charge is 0.328 e. The van der Waals surface area contributed by atoms with Gasteiger partial charge < -0.3 is 10.1 Å². The van der Waals surface area contributed by atoms with Crippen LogP contribution >= 0.6 is 0 Å². The van der Waals surface area contributed by atoms with E-state index in [2.05, 4.69) is 10.3 Å². The average Bonchev–Trinajstić information content (AvgIpc) is 2.64. The van der Waals surface area contributed by atoms with Crippen LogP contribution in [0.15, 0.2) is 48.8 Å². The first-order valence-electron chi connectivity index (χ1n) is 8.59. The Morgan fingerprint density at radius 1 is 1.19 bits per heavy atom. The standard InChI is InChI=1S/C20H23FN2O3/c1-14(2)18(23-19(24)16-7-9-17(21)10-8-16)20(25)26-12-4-6-15-5-3-11-22-13-15/h3,5,7-11,13-14,18H,4,6,12H2,1-2H3,(H,23,24)/t18-/m0/s1. The SMILES string of the molecule is CC(C)[C@H](NC(=O)c1ccc(F)cc1)C(=O)OCCCc1cccnc1. The van der Waals surface area contributed by atoms with Crippen molar-refractivity contribution in [1.29, 1.82) is 0 Å². The summed E-state index contributed by atoms with van der Waals surface area (Å²) in [6.07, 6.45) is 4.92. The molecular formula is C20H23FN2O3. The number of rotatable bonds is 8. The van der Waals surface area contributed by atoms with E-state index in [1.807, 2.05) is 26.0 Å². The summed E-state index contributed by atoms with van der Waals surface area (Å²) >= 11 is 0. The van der Waals surface area contributed by atoms with Crippen molar-refractivity contribution >= 4 is 11.9 Å². The third-order valence-electron chi connectivity index (χ3n) is 3.89. The summed E-state index contributed by atoms with van der Waals surface area (Å²) < 4.78 is 18.3. The van der Waals surface area contributed by atoms with Crippen molar-refractivity contribution in [3.8, 4) is 0 Å². The van der Waals surface area contributed by atoms with E-state index in [-0.39, 0.29) is 12.5 Å². The van der Waals surface area contributed by atoms with E-state index < -0.39 is 23.7 Å². The van der Waals surface area contributed by atoms with Gasteiger partial charge in [-0.1, -0.05) is 19.9 Å². The van der Waals surface area contributed by atoms with Crippen molar-refractivity contribution in [3.05, 3.63) is 65.7 Å². The maximum Gasteiger partial charge on any atom is 0.328 e. The lowest BCUT2D eigenvalue weighted by molar-refractivity contribution is -0.147. The van der Waals surface area contributed by atoms with Crippen LogP contribution in [0.3, 0.4) is 0 Å². The Balaban J connectivity index is 1.84. The highest BCUT2D eigenvalue weighted by atomic mass is 19.1. The lowest BCUT2D eigenvalue weighted by Crippen LogP contribution is -2.45. The molecule has 2 rings (SSSR count). The molecule has 26 heavy (non-hydrogen) atoms. The molecule has 0 spiro atoms. The van der Waals surface area contributed by atoms with Crippen LogP contribution in [0.1, 0.15) is 36.2 Å². The second-order valence-electron chi connectivity index (χ2n) is 6.33. The molecule has 0 bridgehead atoms. The molecule has 2 aromatic rings. The number of hydrogen-bond donors (Lipinski definition) is 1. The van der Waals surface area contributed by atoms with Gasteiger partial charge >= 0.3 is 5.97 Å². The Labute approximate surface area is 152 Å². The van der Waals surface area contributed by atoms with Crippen LogP contribution in [0.2, 0.25) is 0 Å². The quantitative estimate of drug-likeness (QED) is 0.581. The van der Waals surface area contributed by atoms with Gasteiger partial charge in [0.15, 0.2) is 0 Å². The topological polar surface area (TPSA) is 68.3 Å². The molecule has 0 saturated carbocycles. The molecule has 1 atom stereocenters. The Kier molecular flexibility index (Phi) is 7.26. The van der Waals surface area contributed by atoms with Gasteiger partial charge in [-0.05, 0) is 54.7 Å². The first-order valence-corrected chi connectivity index (χ1v) is 8.59. The Morgan fingerprint density at radius 3 is 2.54 bits per heavy atom. The van der Waals surface area contributed by atoms with Crippen LogP contribution in [0.4, 0.5) is 4.39 Å². The monoisotopic (exact) mass is 358 g/mol. The lowest BCUT2D eigenvalue weighted by Gasteiger charge is -2.21. The molecule has 0 aliphatic rings. The number of carbonyl (C=O) groups excluding carboxylic acids is 2. The van der Waals surface area contributed by atoms with E-state index in [0.29, 0.717) is 12.0 Å². The molecule has 1 heterocycles. The summed E-state index contributed by atoms with van der Waals surface area (Å²) in [5, 5.41) is 2.66. The van der Waals surface area contributed by atoms with E-state index in [4.69, 9.17) is 4.74 Å². The molecule has 0 unspecified atom stereocenters. The number of esters is 1. The average molecular weight is 358 g/mol. The van der Waals surface area contributed by atoms with Crippen LogP contribution in [0, 0.1) is 11.7 Å². The zero-order valence-corrected chi connectivity index (χ0v) is 14.9. The fourth-order valence-electron chi connectivity index (χ4n) is 2.41. The third kappa shape index (κ3) is 5.95. The number of benzene rings is 1. The highest BCUT2D eigenvalue weighted by molar-refractivity contribution is 5.96. The summed E-state index contributed by atoms with van der Waals surface area (Å²) in [6.45, 7) is 3.92. The maximum atomic E-state index is 13.0. The molecule has 0 saturated heterocycles. The molecule has 0 aliphatic heterocycles. The van der Waals surface area contributed by atoms with E-state index in [0.717, 1.165) is 12.0 Å². The minimum atomic E-state index is -0.758. The Morgan fingerprint density at radius 2 is 1.92 bits per heavy atom. The molecular weight excluding hydrogens is 335 g/mol. The van der Waals surface area contributed by atoms with Crippen LogP contribution in [0.5, 0.6) is 0 Å². The number of aryl methyl sites for hydroxylation is 1. The van der Waals surface area contributed by atoms with Crippen molar-refractivity contribution < 1.29 is 18.7 Å². The van der Waals surface area contributed by atoms with Gasteiger partial charge in [0.2, 0.25) is 0 Å². The number of amides is 1. The number of halogens is 1. The van der Waals surface area contributed by atoms with Gasteiger partial charge in [0.25, 0.3) is 5.91 Å². The summed E-state index contributed by atoms with van der Waals surface area (Å²) in [7, 11) is 0. The summed E-state index contributed by atoms with van der Waals surface area (Å²) in [5.41, 5.74) is 1.37. The van der Waals surface area contributed by atoms with Crippen LogP contribution in [-0.4, -0.2) is 29.5 Å². The van der Waals surface area contributed by atoms with Crippen molar-refractivity contribution in [1.82, 2.24) is 10.3 Å². The van der Waals surface area contributed by atoms with Crippen LogP contribution in [-0.2, 0) is 16.0 Å². The minimum Gasteiger partial charge on any atom is -0.464 e. The molecule has 0 fully saturated rings. The van der Waals surface area contributed by atoms with E-state index in [1.54, 1.807) is 12.4 Å². The molecule has 0 radical (unpaired) electrons. The number of nitrogens with zero attached hydrogens (tertiary/aromatic N) is 1. The van der Waals surface area contributed by atoms with E-state index in [9.17, 15) is 14.0 Å². The number of hydrogen-bond acceptors (Lipinski definition) is 4. The molecule has 1 aromatic carbocycles. The van der Waals surface area contributed by atoms with E-state index >= 15 is 0 Å². The van der Waals surface area contributed by atoms with E-state index in [1.165, 1.54) is 24.3 Å². The second kappa shape index (κ2) is 9.65. The van der Waals surface area contributed by atoms with Gasteiger partial charge in [-0.3, -0.25) is 9.78 Å². The Hall–Kier alpha value is -2.76. The largest absolute Gasteiger partial charge is 0.464 e. The van der Waals surface area contributed by atoms with Crippen LogP contribution < -0.4 is 5.32 Å². The lowest BCUT2D eigenvalue weighted by atomic mass is 10.0. The summed E-state index contributed by atoms with van der Waals surface area (Å²) in [4.78, 5) is 28.6. The minimum absolute atomic E-state index is 0.134. The zero-order chi connectivity index (χ0) is 18.9. The van der Waals surface area contributed by atoms with Crippen molar-refractivity contribution in [2.45, 2.75) is 32.7 Å². The number of nitrogens with one attached hydrogen (secondary N) is 1. The summed E-state index contributed by atoms with van der Waals surface area (Å²) in [5.74, 6) is -1.46. The van der Waals surface area contributed by atoms with Gasteiger partial charge in [0.05, 0.1) is 6.61 Å². The predicted octanol–water partition coefficient (Wildman–Crippen LogP) is 3.15. The predicted molar refractivity (Wildman–Crippen MR) is 96.0 cm³/mol. The molecule has 6 heteroatoms. The van der Waals surface area contributed by atoms with Gasteiger partial charge in [-0.2, -0.15) is 0 Å². The molecule has 1 N–H and O–H groups in total. The third-order valence-corrected chi connectivity index (χ3v) is 3.89. The normalized spacial score (nSPS) is 11.8. The first-order chi connectivity index (χ1) is 12.5. The fourth-order valence-corrected chi connectivity index (χ4v) is 2.41. The fraction of sp³-hybridized carbons (Fsp3) is 0.350.